The van der Waals surface area contributed by atoms with Crippen LogP contribution in [-0.2, 0) is 0 Å². The average Bonchev–Trinajstić information content (AvgIpc) is 3.22. The molecule has 8 heteroatoms. The van der Waals surface area contributed by atoms with E-state index in [-0.39, 0.29) is 11.1 Å². The maximum atomic E-state index is 13.1. The lowest BCUT2D eigenvalue weighted by Crippen LogP contribution is -1.92. The summed E-state index contributed by atoms with van der Waals surface area (Å²) in [6.45, 7) is 6.17. The minimum atomic E-state index is -0.299. The van der Waals surface area contributed by atoms with Crippen molar-refractivity contribution in [1.82, 2.24) is 20.2 Å². The lowest BCUT2D eigenvalue weighted by atomic mass is 10.2. The van der Waals surface area contributed by atoms with Crippen LogP contribution in [0.5, 0.6) is 0 Å². The molecule has 1 atom stereocenters. The molecule has 0 bridgehead atoms. The maximum Gasteiger partial charge on any atom is 0.247 e. The lowest BCUT2D eigenvalue weighted by molar-refractivity contribution is 0.509. The van der Waals surface area contributed by atoms with Crippen molar-refractivity contribution in [2.75, 3.05) is 0 Å². The van der Waals surface area contributed by atoms with E-state index in [2.05, 4.69) is 34.0 Å². The Morgan fingerprint density at radius 1 is 1.12 bits per heavy atom. The quantitative estimate of drug-likeness (QED) is 0.348. The molecule has 0 fully saturated rings. The summed E-state index contributed by atoms with van der Waals surface area (Å²) in [5.41, 5.74) is 1.90. The largest absolute Gasteiger partial charge is 0.419 e. The van der Waals surface area contributed by atoms with Gasteiger partial charge < -0.3 is 4.42 Å². The Balaban J connectivity index is 1.61. The third kappa shape index (κ3) is 3.10. The Hall–Kier alpha value is -2.32. The first kappa shape index (κ1) is 17.1. The SMILES string of the molecule is Cc1sc2ncnc(S[C@H](C)c3nnc(-c4ccc(F)cc4)o3)c2c1C. The summed E-state index contributed by atoms with van der Waals surface area (Å²) in [5, 5.41) is 10.1. The molecule has 5 nitrogen and oxygen atoms in total. The number of hydrogen-bond acceptors (Lipinski definition) is 7. The molecule has 0 aliphatic rings. The lowest BCUT2D eigenvalue weighted by Gasteiger charge is -2.07. The third-order valence-electron chi connectivity index (χ3n) is 4.10. The normalized spacial score (nSPS) is 12.6. The highest BCUT2D eigenvalue weighted by Gasteiger charge is 2.20. The standard InChI is InChI=1S/C18H15FN4OS2/c1-9-10(2)25-17-14(9)18(21-8-20-17)26-11(3)15-22-23-16(24-15)12-4-6-13(19)7-5-12/h4-8,11H,1-3H3/t11-/m1/s1. The molecule has 0 aliphatic carbocycles. The van der Waals surface area contributed by atoms with Gasteiger partial charge in [-0.25, -0.2) is 14.4 Å². The topological polar surface area (TPSA) is 64.7 Å². The van der Waals surface area contributed by atoms with Gasteiger partial charge in [-0.2, -0.15) is 0 Å². The van der Waals surface area contributed by atoms with Crippen molar-refractivity contribution >= 4 is 33.3 Å². The molecule has 0 unspecified atom stereocenters. The van der Waals surface area contributed by atoms with Crippen molar-refractivity contribution in [3.05, 3.63) is 52.7 Å². The Morgan fingerprint density at radius 3 is 2.65 bits per heavy atom. The van der Waals surface area contributed by atoms with Crippen LogP contribution in [0, 0.1) is 19.7 Å². The van der Waals surface area contributed by atoms with Gasteiger partial charge in [0.2, 0.25) is 11.8 Å². The highest BCUT2D eigenvalue weighted by molar-refractivity contribution is 7.99. The number of thiophene rings is 1. The maximum absolute atomic E-state index is 13.1. The highest BCUT2D eigenvalue weighted by Crippen LogP contribution is 2.40. The first-order valence-corrected chi connectivity index (χ1v) is 9.69. The van der Waals surface area contributed by atoms with Crippen molar-refractivity contribution in [3.8, 4) is 11.5 Å². The summed E-state index contributed by atoms with van der Waals surface area (Å²) in [7, 11) is 0. The summed E-state index contributed by atoms with van der Waals surface area (Å²) in [5.74, 6) is 0.583. The molecule has 0 amide bonds. The predicted molar refractivity (Wildman–Crippen MR) is 101 cm³/mol. The zero-order valence-electron chi connectivity index (χ0n) is 14.4. The Kier molecular flexibility index (Phi) is 4.46. The van der Waals surface area contributed by atoms with Gasteiger partial charge in [-0.05, 0) is 50.6 Å². The van der Waals surface area contributed by atoms with Crippen molar-refractivity contribution in [2.45, 2.75) is 31.0 Å². The van der Waals surface area contributed by atoms with Crippen LogP contribution in [-0.4, -0.2) is 20.2 Å². The van der Waals surface area contributed by atoms with Crippen LogP contribution in [0.25, 0.3) is 21.7 Å². The van der Waals surface area contributed by atoms with Crippen LogP contribution >= 0.6 is 23.1 Å². The molecule has 0 N–H and O–H groups in total. The predicted octanol–water partition coefficient (Wildman–Crippen LogP) is 5.35. The summed E-state index contributed by atoms with van der Waals surface area (Å²) in [6.07, 6.45) is 1.59. The van der Waals surface area contributed by atoms with Crippen molar-refractivity contribution in [1.29, 1.82) is 0 Å². The molecular weight excluding hydrogens is 371 g/mol. The first-order valence-electron chi connectivity index (χ1n) is 7.99. The van der Waals surface area contributed by atoms with Crippen molar-refractivity contribution in [3.63, 3.8) is 0 Å². The van der Waals surface area contributed by atoms with Crippen LogP contribution in [0.15, 0.2) is 40.0 Å². The number of aryl methyl sites for hydroxylation is 2. The molecular formula is C18H15FN4OS2. The second-order valence-corrected chi connectivity index (χ2v) is 8.39. The zero-order chi connectivity index (χ0) is 18.3. The minimum Gasteiger partial charge on any atom is -0.419 e. The Labute approximate surface area is 157 Å². The second kappa shape index (κ2) is 6.77. The van der Waals surface area contributed by atoms with Gasteiger partial charge in [-0.3, -0.25) is 0 Å². The van der Waals surface area contributed by atoms with Crippen LogP contribution in [0.1, 0.15) is 28.5 Å². The van der Waals surface area contributed by atoms with E-state index in [0.29, 0.717) is 17.3 Å². The molecule has 0 spiro atoms. The van der Waals surface area contributed by atoms with Crippen molar-refractivity contribution < 1.29 is 8.81 Å². The van der Waals surface area contributed by atoms with Gasteiger partial charge in [0, 0.05) is 15.8 Å². The number of halogens is 1. The summed E-state index contributed by atoms with van der Waals surface area (Å²) < 4.78 is 18.8. The van der Waals surface area contributed by atoms with E-state index in [1.807, 2.05) is 6.92 Å². The average molecular weight is 386 g/mol. The number of hydrogen-bond donors (Lipinski definition) is 0. The fraction of sp³-hybridized carbons (Fsp3) is 0.222. The van der Waals surface area contributed by atoms with Gasteiger partial charge in [-0.15, -0.1) is 21.5 Å². The van der Waals surface area contributed by atoms with E-state index in [1.165, 1.54) is 22.6 Å². The summed E-state index contributed by atoms with van der Waals surface area (Å²) >= 11 is 3.24. The van der Waals surface area contributed by atoms with Crippen molar-refractivity contribution in [2.24, 2.45) is 0 Å². The van der Waals surface area contributed by atoms with Gasteiger partial charge in [0.25, 0.3) is 0 Å². The number of thioether (sulfide) groups is 1. The molecule has 0 saturated heterocycles. The van der Waals surface area contributed by atoms with E-state index in [9.17, 15) is 4.39 Å². The summed E-state index contributed by atoms with van der Waals surface area (Å²) in [4.78, 5) is 11.0. The highest BCUT2D eigenvalue weighted by atomic mass is 32.2. The molecule has 1 aromatic carbocycles. The number of benzene rings is 1. The van der Waals surface area contributed by atoms with Gasteiger partial charge in [0.05, 0.1) is 5.25 Å². The summed E-state index contributed by atoms with van der Waals surface area (Å²) in [6, 6.07) is 5.99. The fourth-order valence-electron chi connectivity index (χ4n) is 2.57. The van der Waals surface area contributed by atoms with Crippen LogP contribution < -0.4 is 0 Å². The molecule has 132 valence electrons. The Morgan fingerprint density at radius 2 is 1.88 bits per heavy atom. The van der Waals surface area contributed by atoms with Gasteiger partial charge in [-0.1, -0.05) is 11.8 Å². The van der Waals surface area contributed by atoms with Crippen LogP contribution in [0.4, 0.5) is 4.39 Å². The zero-order valence-corrected chi connectivity index (χ0v) is 16.0. The van der Waals surface area contributed by atoms with Crippen LogP contribution in [0.3, 0.4) is 0 Å². The van der Waals surface area contributed by atoms with Gasteiger partial charge in [0.15, 0.2) is 0 Å². The monoisotopic (exact) mass is 386 g/mol. The molecule has 0 radical (unpaired) electrons. The van der Waals surface area contributed by atoms with E-state index in [0.717, 1.165) is 15.2 Å². The number of rotatable bonds is 4. The van der Waals surface area contributed by atoms with E-state index in [4.69, 9.17) is 4.42 Å². The number of fused-ring (bicyclic) bond motifs is 1. The van der Waals surface area contributed by atoms with E-state index < -0.39 is 0 Å². The van der Waals surface area contributed by atoms with E-state index in [1.54, 1.807) is 41.6 Å². The van der Waals surface area contributed by atoms with Gasteiger partial charge in [0.1, 0.15) is 22.0 Å². The molecule has 3 heterocycles. The number of nitrogens with zero attached hydrogens (tertiary/aromatic N) is 4. The fourth-order valence-corrected chi connectivity index (χ4v) is 4.63. The van der Waals surface area contributed by atoms with E-state index >= 15 is 0 Å². The molecule has 3 aromatic heterocycles. The molecule has 4 rings (SSSR count). The third-order valence-corrected chi connectivity index (χ3v) is 6.30. The van der Waals surface area contributed by atoms with Gasteiger partial charge >= 0.3 is 0 Å². The molecule has 0 aliphatic heterocycles. The Bertz CT molecular complexity index is 1070. The molecule has 0 saturated carbocycles. The smallest absolute Gasteiger partial charge is 0.247 e. The molecule has 4 aromatic rings. The minimum absolute atomic E-state index is 0.0746. The second-order valence-electron chi connectivity index (χ2n) is 5.85. The number of aromatic nitrogens is 4. The van der Waals surface area contributed by atoms with Crippen LogP contribution in [0.2, 0.25) is 0 Å². The molecule has 26 heavy (non-hydrogen) atoms. The first-order chi connectivity index (χ1) is 12.5.